The number of aliphatic hydroxyl groups excluding tert-OH is 1. The predicted octanol–water partition coefficient (Wildman–Crippen LogP) is 3.48. The molecule has 0 heterocycles. The van der Waals surface area contributed by atoms with Gasteiger partial charge in [0.2, 0.25) is 0 Å². The second-order valence-electron chi connectivity index (χ2n) is 9.80. The molecule has 1 spiro atoms. The van der Waals surface area contributed by atoms with Gasteiger partial charge in [0.15, 0.2) is 0 Å². The highest BCUT2D eigenvalue weighted by molar-refractivity contribution is 5.75. The molecule has 0 aromatic rings. The zero-order valence-electron chi connectivity index (χ0n) is 14.4. The van der Waals surface area contributed by atoms with Crippen molar-refractivity contribution < 1.29 is 15.0 Å². The van der Waals surface area contributed by atoms with Crippen LogP contribution >= 0.6 is 0 Å². The van der Waals surface area contributed by atoms with Gasteiger partial charge in [-0.05, 0) is 81.0 Å². The molecule has 0 aromatic heterocycles. The number of allylic oxidation sites excluding steroid dienone is 2. The molecule has 4 saturated carbocycles. The van der Waals surface area contributed by atoms with Gasteiger partial charge in [-0.1, -0.05) is 18.6 Å². The summed E-state index contributed by atoms with van der Waals surface area (Å²) < 4.78 is 0. The minimum absolute atomic E-state index is 0.112. The fourth-order valence-electron chi connectivity index (χ4n) is 8.33. The van der Waals surface area contributed by atoms with Crippen molar-refractivity contribution >= 4 is 5.97 Å². The Morgan fingerprint density at radius 3 is 2.70 bits per heavy atom. The topological polar surface area (TPSA) is 57.5 Å². The van der Waals surface area contributed by atoms with Gasteiger partial charge in [0.1, 0.15) is 0 Å². The van der Waals surface area contributed by atoms with Gasteiger partial charge in [0, 0.05) is 5.41 Å². The molecule has 0 radical (unpaired) electrons. The largest absolute Gasteiger partial charge is 0.481 e. The van der Waals surface area contributed by atoms with Crippen molar-refractivity contribution in [1.82, 2.24) is 0 Å². The summed E-state index contributed by atoms with van der Waals surface area (Å²) in [7, 11) is 0. The first-order valence-corrected chi connectivity index (χ1v) is 9.36. The highest BCUT2D eigenvalue weighted by atomic mass is 16.4. The van der Waals surface area contributed by atoms with Gasteiger partial charge in [-0.15, -0.1) is 0 Å². The minimum Gasteiger partial charge on any atom is -0.481 e. The van der Waals surface area contributed by atoms with E-state index >= 15 is 0 Å². The Bertz CT molecular complexity index is 639. The van der Waals surface area contributed by atoms with Crippen LogP contribution in [0.25, 0.3) is 0 Å². The van der Waals surface area contributed by atoms with Gasteiger partial charge < -0.3 is 10.2 Å². The van der Waals surface area contributed by atoms with E-state index < -0.39 is 11.4 Å². The molecule has 0 aromatic carbocycles. The van der Waals surface area contributed by atoms with E-state index in [9.17, 15) is 15.0 Å². The van der Waals surface area contributed by atoms with Crippen LogP contribution in [0.15, 0.2) is 11.6 Å². The highest BCUT2D eigenvalue weighted by Crippen LogP contribution is 2.82. The van der Waals surface area contributed by atoms with Crippen molar-refractivity contribution in [2.45, 2.75) is 59.0 Å². The van der Waals surface area contributed by atoms with Crippen LogP contribution in [0.2, 0.25) is 0 Å². The highest BCUT2D eigenvalue weighted by Gasteiger charge is 2.77. The van der Waals surface area contributed by atoms with E-state index in [1.54, 1.807) is 5.57 Å². The molecule has 6 aliphatic rings. The third-order valence-electron chi connectivity index (χ3n) is 9.12. The van der Waals surface area contributed by atoms with E-state index in [1.165, 1.54) is 6.42 Å². The number of aliphatic hydroxyl groups is 1. The van der Waals surface area contributed by atoms with E-state index in [-0.39, 0.29) is 22.9 Å². The van der Waals surface area contributed by atoms with Crippen molar-refractivity contribution in [1.29, 1.82) is 0 Å². The van der Waals surface area contributed by atoms with Crippen LogP contribution in [0.1, 0.15) is 52.9 Å². The number of carbonyl (C=O) groups is 1. The van der Waals surface area contributed by atoms with Crippen LogP contribution in [-0.4, -0.2) is 22.3 Å². The van der Waals surface area contributed by atoms with Crippen LogP contribution < -0.4 is 0 Å². The molecular formula is C20H28O3. The van der Waals surface area contributed by atoms with Crippen LogP contribution in [-0.2, 0) is 4.79 Å². The minimum atomic E-state index is -0.666. The summed E-state index contributed by atoms with van der Waals surface area (Å²) in [5.74, 6) is 2.24. The molecule has 126 valence electrons. The normalized spacial score (nSPS) is 62.2. The summed E-state index contributed by atoms with van der Waals surface area (Å²) in [6, 6.07) is 0. The van der Waals surface area contributed by atoms with Crippen molar-refractivity contribution in [3.63, 3.8) is 0 Å². The van der Waals surface area contributed by atoms with Crippen LogP contribution in [0.3, 0.4) is 0 Å². The Kier molecular flexibility index (Phi) is 2.44. The molecular weight excluding hydrogens is 288 g/mol. The molecule has 0 unspecified atom stereocenters. The average Bonchev–Trinajstić information content (AvgIpc) is 3.09. The molecule has 6 aliphatic carbocycles. The van der Waals surface area contributed by atoms with Gasteiger partial charge in [0.25, 0.3) is 0 Å². The molecule has 0 saturated heterocycles. The standard InChI is InChI=1S/C20H28O3/c1-10-8-20-7-4-12-18(2,17(22)23)6-5-13(21)19(12,3)16(20)15-11(9-20)14(10)15/h8,11-16,21H,4-7,9H2,1-3H3,(H,22,23)/t11-,12+,13-,14-,15+,16-,18-,19-,20+/m1/s1. The first-order chi connectivity index (χ1) is 10.8. The van der Waals surface area contributed by atoms with Crippen LogP contribution in [0, 0.1) is 45.8 Å². The molecule has 4 bridgehead atoms. The summed E-state index contributed by atoms with van der Waals surface area (Å²) >= 11 is 0. The number of carboxylic acids is 1. The van der Waals surface area contributed by atoms with Crippen molar-refractivity contribution in [2.24, 2.45) is 45.8 Å². The number of hydrogen-bond donors (Lipinski definition) is 2. The number of carboxylic acid groups (broad SMARTS) is 1. The first kappa shape index (κ1) is 14.5. The fraction of sp³-hybridized carbons (Fsp3) is 0.850. The quantitative estimate of drug-likeness (QED) is 0.728. The van der Waals surface area contributed by atoms with Crippen molar-refractivity contribution in [3.05, 3.63) is 11.6 Å². The number of rotatable bonds is 1. The first-order valence-electron chi connectivity index (χ1n) is 9.36. The lowest BCUT2D eigenvalue weighted by Crippen LogP contribution is -2.63. The zero-order chi connectivity index (χ0) is 16.4. The Morgan fingerprint density at radius 2 is 2.00 bits per heavy atom. The van der Waals surface area contributed by atoms with Gasteiger partial charge in [-0.3, -0.25) is 4.79 Å². The second-order valence-corrected chi connectivity index (χ2v) is 9.80. The van der Waals surface area contributed by atoms with E-state index in [1.807, 2.05) is 6.92 Å². The Morgan fingerprint density at radius 1 is 1.26 bits per heavy atom. The average molecular weight is 316 g/mol. The lowest BCUT2D eigenvalue weighted by Gasteiger charge is -2.64. The Balaban J connectivity index is 1.65. The molecule has 2 N–H and O–H groups in total. The summed E-state index contributed by atoms with van der Waals surface area (Å²) in [6.45, 7) is 6.48. The lowest BCUT2D eigenvalue weighted by atomic mass is 9.40. The van der Waals surface area contributed by atoms with Gasteiger partial charge in [-0.25, -0.2) is 0 Å². The summed E-state index contributed by atoms with van der Waals surface area (Å²) in [4.78, 5) is 12.1. The number of aliphatic carboxylic acids is 1. The zero-order valence-corrected chi connectivity index (χ0v) is 14.4. The molecule has 3 heteroatoms. The lowest BCUT2D eigenvalue weighted by molar-refractivity contribution is -0.202. The summed E-state index contributed by atoms with van der Waals surface area (Å²) in [5, 5.41) is 21.0. The van der Waals surface area contributed by atoms with Gasteiger partial charge in [0.05, 0.1) is 11.5 Å². The molecule has 23 heavy (non-hydrogen) atoms. The molecule has 9 atom stereocenters. The molecule has 3 nitrogen and oxygen atoms in total. The fourth-order valence-corrected chi connectivity index (χ4v) is 8.33. The molecule has 0 amide bonds. The van der Waals surface area contributed by atoms with Crippen LogP contribution in [0.4, 0.5) is 0 Å². The third kappa shape index (κ3) is 1.38. The number of fused-ring (bicyclic) bond motifs is 1. The molecule has 4 fully saturated rings. The maximum Gasteiger partial charge on any atom is 0.309 e. The Hall–Kier alpha value is -0.830. The maximum absolute atomic E-state index is 12.1. The van der Waals surface area contributed by atoms with Gasteiger partial charge >= 0.3 is 5.97 Å². The van der Waals surface area contributed by atoms with Crippen molar-refractivity contribution in [3.8, 4) is 0 Å². The molecule has 0 aliphatic heterocycles. The van der Waals surface area contributed by atoms with E-state index in [2.05, 4.69) is 19.9 Å². The molecule has 6 rings (SSSR count). The van der Waals surface area contributed by atoms with E-state index in [0.29, 0.717) is 18.8 Å². The summed E-state index contributed by atoms with van der Waals surface area (Å²) in [5.41, 5.74) is 0.947. The SMILES string of the molecule is CC1=C[C@]23CC[C@@H]4[C@](C)([C@H](O)CC[C@@]4(C)C(=O)O)[C@H]2[C@H]2[C@H](C3)[C@@H]12. The van der Waals surface area contributed by atoms with Crippen molar-refractivity contribution in [2.75, 3.05) is 0 Å². The van der Waals surface area contributed by atoms with Crippen LogP contribution in [0.5, 0.6) is 0 Å². The monoisotopic (exact) mass is 316 g/mol. The summed E-state index contributed by atoms with van der Waals surface area (Å²) in [6.07, 6.45) is 6.86. The smallest absolute Gasteiger partial charge is 0.309 e. The maximum atomic E-state index is 12.1. The number of hydrogen-bond acceptors (Lipinski definition) is 2. The third-order valence-corrected chi connectivity index (χ3v) is 9.12. The van der Waals surface area contributed by atoms with Gasteiger partial charge in [-0.2, -0.15) is 0 Å². The Labute approximate surface area is 138 Å². The second kappa shape index (κ2) is 3.87. The van der Waals surface area contributed by atoms with E-state index in [4.69, 9.17) is 0 Å². The van der Waals surface area contributed by atoms with E-state index in [0.717, 1.165) is 30.6 Å². The predicted molar refractivity (Wildman–Crippen MR) is 86.6 cm³/mol.